The second-order valence-corrected chi connectivity index (χ2v) is 4.93. The standard InChI is InChI=1S/C15H18N4O2/c1-11-2-4-12(5-3-11)21-15-13(16)14(17-10-18-15)19-6-8-20-9-7-19/h2-5,10H,6-9,16H2,1H3. The van der Waals surface area contributed by atoms with Crippen molar-refractivity contribution in [3.63, 3.8) is 0 Å². The van der Waals surface area contributed by atoms with E-state index in [1.54, 1.807) is 0 Å². The predicted octanol–water partition coefficient (Wildman–Crippen LogP) is 2.00. The summed E-state index contributed by atoms with van der Waals surface area (Å²) >= 11 is 0. The molecular weight excluding hydrogens is 268 g/mol. The molecule has 6 heteroatoms. The van der Waals surface area contributed by atoms with Gasteiger partial charge in [-0.3, -0.25) is 0 Å². The number of aryl methyl sites for hydroxylation is 1. The van der Waals surface area contributed by atoms with Crippen LogP contribution in [-0.4, -0.2) is 36.3 Å². The zero-order valence-electron chi connectivity index (χ0n) is 12.0. The van der Waals surface area contributed by atoms with E-state index in [0.717, 1.165) is 13.1 Å². The summed E-state index contributed by atoms with van der Waals surface area (Å²) in [7, 11) is 0. The van der Waals surface area contributed by atoms with E-state index in [1.165, 1.54) is 11.9 Å². The zero-order chi connectivity index (χ0) is 14.7. The number of ether oxygens (including phenoxy) is 2. The van der Waals surface area contributed by atoms with Crippen LogP contribution in [0.2, 0.25) is 0 Å². The minimum Gasteiger partial charge on any atom is -0.437 e. The Kier molecular flexibility index (Phi) is 3.87. The number of nitrogen functional groups attached to an aromatic ring is 1. The van der Waals surface area contributed by atoms with E-state index in [-0.39, 0.29) is 0 Å². The smallest absolute Gasteiger partial charge is 0.248 e. The molecule has 1 aliphatic heterocycles. The topological polar surface area (TPSA) is 73.5 Å². The molecule has 1 aliphatic rings. The Morgan fingerprint density at radius 2 is 1.86 bits per heavy atom. The molecule has 0 saturated carbocycles. The van der Waals surface area contributed by atoms with Crippen LogP contribution >= 0.6 is 0 Å². The third-order valence-electron chi connectivity index (χ3n) is 3.37. The van der Waals surface area contributed by atoms with Crippen LogP contribution < -0.4 is 15.4 Å². The summed E-state index contributed by atoms with van der Waals surface area (Å²) in [5, 5.41) is 0. The lowest BCUT2D eigenvalue weighted by Gasteiger charge is -2.28. The van der Waals surface area contributed by atoms with Gasteiger partial charge in [-0.25, -0.2) is 4.98 Å². The summed E-state index contributed by atoms with van der Waals surface area (Å²) in [6.07, 6.45) is 1.48. The third-order valence-corrected chi connectivity index (χ3v) is 3.37. The van der Waals surface area contributed by atoms with Gasteiger partial charge in [-0.2, -0.15) is 4.98 Å². The minimum absolute atomic E-state index is 0.385. The number of rotatable bonds is 3. The fourth-order valence-corrected chi connectivity index (χ4v) is 2.20. The molecule has 21 heavy (non-hydrogen) atoms. The van der Waals surface area contributed by atoms with E-state index in [1.807, 2.05) is 31.2 Å². The van der Waals surface area contributed by atoms with Gasteiger partial charge in [-0.15, -0.1) is 0 Å². The van der Waals surface area contributed by atoms with Crippen LogP contribution in [0.25, 0.3) is 0 Å². The molecule has 0 spiro atoms. The van der Waals surface area contributed by atoms with Crippen molar-refractivity contribution in [2.75, 3.05) is 36.9 Å². The highest BCUT2D eigenvalue weighted by molar-refractivity contribution is 5.68. The third kappa shape index (κ3) is 3.05. The van der Waals surface area contributed by atoms with Crippen molar-refractivity contribution < 1.29 is 9.47 Å². The van der Waals surface area contributed by atoms with Gasteiger partial charge in [0.2, 0.25) is 5.88 Å². The van der Waals surface area contributed by atoms with E-state index in [9.17, 15) is 0 Å². The highest BCUT2D eigenvalue weighted by atomic mass is 16.5. The minimum atomic E-state index is 0.385. The van der Waals surface area contributed by atoms with Gasteiger partial charge < -0.3 is 20.1 Å². The van der Waals surface area contributed by atoms with E-state index in [0.29, 0.717) is 36.3 Å². The van der Waals surface area contributed by atoms with Gasteiger partial charge in [0.1, 0.15) is 17.8 Å². The van der Waals surface area contributed by atoms with Crippen molar-refractivity contribution in [1.29, 1.82) is 0 Å². The molecule has 1 saturated heterocycles. The number of nitrogens with two attached hydrogens (primary N) is 1. The normalized spacial score (nSPS) is 15.0. The molecule has 1 aromatic carbocycles. The van der Waals surface area contributed by atoms with E-state index in [4.69, 9.17) is 15.2 Å². The van der Waals surface area contributed by atoms with Crippen molar-refractivity contribution in [1.82, 2.24) is 9.97 Å². The highest BCUT2D eigenvalue weighted by Crippen LogP contribution is 2.31. The lowest BCUT2D eigenvalue weighted by molar-refractivity contribution is 0.122. The SMILES string of the molecule is Cc1ccc(Oc2ncnc(N3CCOCC3)c2N)cc1. The van der Waals surface area contributed by atoms with Crippen LogP contribution in [0, 0.1) is 6.92 Å². The second kappa shape index (κ2) is 5.97. The molecule has 110 valence electrons. The number of hydrogen-bond donors (Lipinski definition) is 1. The molecule has 3 rings (SSSR count). The lowest BCUT2D eigenvalue weighted by atomic mass is 10.2. The van der Waals surface area contributed by atoms with Gasteiger partial charge in [-0.1, -0.05) is 17.7 Å². The first-order valence-corrected chi connectivity index (χ1v) is 6.92. The van der Waals surface area contributed by atoms with Crippen molar-refractivity contribution >= 4 is 11.5 Å². The van der Waals surface area contributed by atoms with E-state index in [2.05, 4.69) is 14.9 Å². The average molecular weight is 286 g/mol. The highest BCUT2D eigenvalue weighted by Gasteiger charge is 2.18. The van der Waals surface area contributed by atoms with Crippen LogP contribution in [0.15, 0.2) is 30.6 Å². The Morgan fingerprint density at radius 1 is 1.14 bits per heavy atom. The predicted molar refractivity (Wildman–Crippen MR) is 80.7 cm³/mol. The van der Waals surface area contributed by atoms with Crippen LogP contribution in [0.5, 0.6) is 11.6 Å². The molecule has 6 nitrogen and oxygen atoms in total. The first-order chi connectivity index (χ1) is 10.2. The maximum absolute atomic E-state index is 6.16. The van der Waals surface area contributed by atoms with Crippen LogP contribution in [0.1, 0.15) is 5.56 Å². The maximum Gasteiger partial charge on any atom is 0.248 e. The van der Waals surface area contributed by atoms with Crippen molar-refractivity contribution in [3.8, 4) is 11.6 Å². The lowest BCUT2D eigenvalue weighted by Crippen LogP contribution is -2.37. The average Bonchev–Trinajstić information content (AvgIpc) is 2.52. The number of aromatic nitrogens is 2. The van der Waals surface area contributed by atoms with Gasteiger partial charge in [0.15, 0.2) is 5.82 Å². The zero-order valence-corrected chi connectivity index (χ0v) is 12.0. The maximum atomic E-state index is 6.16. The number of anilines is 2. The number of benzene rings is 1. The Bertz CT molecular complexity index is 610. The number of nitrogens with zero attached hydrogens (tertiary/aromatic N) is 3. The van der Waals surface area contributed by atoms with Gasteiger partial charge in [-0.05, 0) is 19.1 Å². The van der Waals surface area contributed by atoms with E-state index >= 15 is 0 Å². The van der Waals surface area contributed by atoms with Crippen LogP contribution in [0.3, 0.4) is 0 Å². The molecule has 2 N–H and O–H groups in total. The fourth-order valence-electron chi connectivity index (χ4n) is 2.20. The summed E-state index contributed by atoms with van der Waals surface area (Å²) in [5.41, 5.74) is 7.79. The molecule has 0 unspecified atom stereocenters. The summed E-state index contributed by atoms with van der Waals surface area (Å²) in [6.45, 7) is 4.92. The largest absolute Gasteiger partial charge is 0.437 e. The van der Waals surface area contributed by atoms with Gasteiger partial charge in [0, 0.05) is 13.1 Å². The molecule has 2 heterocycles. The summed E-state index contributed by atoms with van der Waals surface area (Å²) < 4.78 is 11.1. The molecule has 0 radical (unpaired) electrons. The quantitative estimate of drug-likeness (QED) is 0.930. The Morgan fingerprint density at radius 3 is 2.57 bits per heavy atom. The molecule has 0 bridgehead atoms. The molecule has 1 aromatic heterocycles. The summed E-state index contributed by atoms with van der Waals surface area (Å²) in [4.78, 5) is 10.5. The first-order valence-electron chi connectivity index (χ1n) is 6.92. The Hall–Kier alpha value is -2.34. The molecule has 0 amide bonds. The van der Waals surface area contributed by atoms with Crippen molar-refractivity contribution in [2.45, 2.75) is 6.92 Å². The Labute approximate surface area is 123 Å². The fraction of sp³-hybridized carbons (Fsp3) is 0.333. The number of morpholine rings is 1. The second-order valence-electron chi connectivity index (χ2n) is 4.93. The molecular formula is C15H18N4O2. The van der Waals surface area contributed by atoms with Crippen molar-refractivity contribution in [3.05, 3.63) is 36.2 Å². The Balaban J connectivity index is 1.84. The first kappa shape index (κ1) is 13.6. The molecule has 2 aromatic rings. The monoisotopic (exact) mass is 286 g/mol. The van der Waals surface area contributed by atoms with Crippen molar-refractivity contribution in [2.24, 2.45) is 0 Å². The van der Waals surface area contributed by atoms with Gasteiger partial charge >= 0.3 is 0 Å². The molecule has 0 aliphatic carbocycles. The molecule has 1 fully saturated rings. The van der Waals surface area contributed by atoms with Gasteiger partial charge in [0.05, 0.1) is 13.2 Å². The van der Waals surface area contributed by atoms with E-state index < -0.39 is 0 Å². The van der Waals surface area contributed by atoms with Gasteiger partial charge in [0.25, 0.3) is 0 Å². The summed E-state index contributed by atoms with van der Waals surface area (Å²) in [6, 6.07) is 7.75. The van der Waals surface area contributed by atoms with Crippen LogP contribution in [-0.2, 0) is 4.74 Å². The van der Waals surface area contributed by atoms with Crippen LogP contribution in [0.4, 0.5) is 11.5 Å². The summed E-state index contributed by atoms with van der Waals surface area (Å²) in [5.74, 6) is 1.80. The molecule has 0 atom stereocenters. The number of hydrogen-bond acceptors (Lipinski definition) is 6.